The molecule has 0 bridgehead atoms. The highest BCUT2D eigenvalue weighted by atomic mass is 35.5. The summed E-state index contributed by atoms with van der Waals surface area (Å²) in [5, 5.41) is 10.0. The van der Waals surface area contributed by atoms with Crippen LogP contribution < -0.4 is 5.46 Å². The number of fused-ring (bicyclic) bond motifs is 18. The van der Waals surface area contributed by atoms with Gasteiger partial charge in [-0.3, -0.25) is 9.97 Å². The Morgan fingerprint density at radius 1 is 0.280 bits per heavy atom. The van der Waals surface area contributed by atoms with Crippen molar-refractivity contribution in [2.75, 3.05) is 0 Å². The van der Waals surface area contributed by atoms with Crippen LogP contribution in [0.1, 0.15) is 77.6 Å². The molecule has 100 heavy (non-hydrogen) atoms. The van der Waals surface area contributed by atoms with Gasteiger partial charge in [-0.2, -0.15) is 0 Å². The molecule has 1 fully saturated rings. The van der Waals surface area contributed by atoms with Crippen molar-refractivity contribution in [3.05, 3.63) is 319 Å². The fraction of sp³-hybridized carbons (Fsp3) is 0.130. The summed E-state index contributed by atoms with van der Waals surface area (Å²) in [6.07, 6.45) is 3.75. The molecule has 0 amide bonds. The quantitative estimate of drug-likeness (QED) is 0.122. The first-order valence-electron chi connectivity index (χ1n) is 34.5. The molecule has 16 aromatic rings. The van der Waals surface area contributed by atoms with Crippen molar-refractivity contribution in [3.63, 3.8) is 0 Å². The Bertz CT molecular complexity index is 5910. The molecular weight excluding hydrogens is 1240 g/mol. The van der Waals surface area contributed by atoms with Crippen molar-refractivity contribution < 1.29 is 9.31 Å². The van der Waals surface area contributed by atoms with Crippen LogP contribution in [0.25, 0.3) is 143 Å². The van der Waals surface area contributed by atoms with E-state index in [9.17, 15) is 0 Å². The van der Waals surface area contributed by atoms with Gasteiger partial charge in [-0.25, -0.2) is 9.97 Å². The third kappa shape index (κ3) is 10.7. The summed E-state index contributed by atoms with van der Waals surface area (Å²) in [6.45, 7) is 17.7. The molecule has 0 atom stereocenters. The summed E-state index contributed by atoms with van der Waals surface area (Å²) in [7, 11) is -0.343. The molecule has 0 unspecified atom stereocenters. The van der Waals surface area contributed by atoms with E-state index in [4.69, 9.17) is 40.8 Å². The van der Waals surface area contributed by atoms with E-state index < -0.39 is 0 Å². The number of nitrogens with zero attached hydrogens (tertiary/aromatic N) is 4. The molecule has 2 aromatic heterocycles. The molecule has 6 nitrogen and oxygen atoms in total. The first-order valence-corrected chi connectivity index (χ1v) is 34.9. The lowest BCUT2D eigenvalue weighted by Crippen LogP contribution is -2.41. The molecule has 0 spiro atoms. The van der Waals surface area contributed by atoms with Gasteiger partial charge in [0.25, 0.3) is 0 Å². The minimum absolute atomic E-state index is 0.00523. The van der Waals surface area contributed by atoms with E-state index in [-0.39, 0.29) is 29.2 Å². The minimum atomic E-state index is -0.343. The fourth-order valence-electron chi connectivity index (χ4n) is 15.5. The van der Waals surface area contributed by atoms with Crippen molar-refractivity contribution >= 4 is 89.3 Å². The van der Waals surface area contributed by atoms with E-state index in [1.165, 1.54) is 93.9 Å². The molecule has 0 N–H and O–H groups in total. The third-order valence-electron chi connectivity index (χ3n) is 21.6. The maximum atomic E-state index is 6.27. The van der Waals surface area contributed by atoms with Crippen molar-refractivity contribution in [1.82, 2.24) is 19.9 Å². The Hall–Kier alpha value is -10.9. The predicted molar refractivity (Wildman–Crippen MR) is 419 cm³/mol. The first-order chi connectivity index (χ1) is 48.5. The van der Waals surface area contributed by atoms with Gasteiger partial charge in [-0.1, -0.05) is 282 Å². The summed E-state index contributed by atoms with van der Waals surface area (Å²) < 4.78 is 12.5. The number of rotatable bonds is 6. The van der Waals surface area contributed by atoms with E-state index in [1.54, 1.807) is 0 Å². The van der Waals surface area contributed by atoms with Crippen LogP contribution in [0.3, 0.4) is 0 Å². The summed E-state index contributed by atoms with van der Waals surface area (Å²) in [4.78, 5) is 19.9. The van der Waals surface area contributed by atoms with E-state index in [2.05, 4.69) is 298 Å². The molecule has 1 saturated heterocycles. The van der Waals surface area contributed by atoms with Gasteiger partial charge >= 0.3 is 7.12 Å². The molecule has 8 heteroatoms. The number of halogens is 1. The molecular formula is C92H72BClN4O2. The zero-order valence-electron chi connectivity index (χ0n) is 57.3. The normalized spacial score (nSPS) is 14.9. The highest BCUT2D eigenvalue weighted by molar-refractivity contribution is 6.62. The lowest BCUT2D eigenvalue weighted by molar-refractivity contribution is 0.00578. The van der Waals surface area contributed by atoms with Crippen molar-refractivity contribution in [3.8, 4) is 78.1 Å². The number of benzene rings is 14. The van der Waals surface area contributed by atoms with Gasteiger partial charge in [0.1, 0.15) is 0 Å². The first kappa shape index (κ1) is 62.6. The van der Waals surface area contributed by atoms with E-state index in [1.807, 2.05) is 48.8 Å². The van der Waals surface area contributed by atoms with Gasteiger partial charge in [0.05, 0.1) is 57.1 Å². The highest BCUT2D eigenvalue weighted by Crippen LogP contribution is 2.52. The molecule has 2 aliphatic carbocycles. The Morgan fingerprint density at radius 3 is 1.05 bits per heavy atom. The van der Waals surface area contributed by atoms with Crippen LogP contribution in [0.5, 0.6) is 0 Å². The largest absolute Gasteiger partial charge is 0.494 e. The van der Waals surface area contributed by atoms with Crippen molar-refractivity contribution in [2.45, 2.75) is 77.4 Å². The maximum Gasteiger partial charge on any atom is 0.494 e. The van der Waals surface area contributed by atoms with Crippen LogP contribution in [0.2, 0.25) is 5.02 Å². The zero-order valence-corrected chi connectivity index (χ0v) is 58.0. The second-order valence-electron chi connectivity index (χ2n) is 28.8. The van der Waals surface area contributed by atoms with Crippen molar-refractivity contribution in [1.29, 1.82) is 0 Å². The number of aromatic nitrogens is 4. The SMILES string of the molecule is CC1(C)c2ccccc2-c2ccc(-c3cccc(-c4cccc(-c5cnc6c7ccccc7c7ccccc7c6n5)c4)c3)cc21.CC1(C)c2ccccc2-c2ccc(-c3cccc(B4OC(C)(C)C(C)(C)O4)c3)cc21.Clc1cccc(-c2cnc3c4ccccc4c4ccccc4c3n2)c1. The summed E-state index contributed by atoms with van der Waals surface area (Å²) in [6, 6.07) is 99.0. The van der Waals surface area contributed by atoms with Crippen LogP contribution in [0.4, 0.5) is 0 Å². The average Bonchev–Trinajstić information content (AvgIpc) is 1.56. The zero-order chi connectivity index (χ0) is 68.2. The average molecular weight is 1310 g/mol. The third-order valence-corrected chi connectivity index (χ3v) is 21.8. The van der Waals surface area contributed by atoms with Gasteiger partial charge in [-0.05, 0) is 169 Å². The van der Waals surface area contributed by atoms with E-state index in [0.29, 0.717) is 5.02 Å². The predicted octanol–water partition coefficient (Wildman–Crippen LogP) is 23.5. The Labute approximate surface area is 589 Å². The lowest BCUT2D eigenvalue weighted by atomic mass is 9.77. The molecule has 14 aromatic carbocycles. The molecule has 19 rings (SSSR count). The standard InChI is InChI=1S/C43H30N2.C27H29BO2.C22H13ClN2/c1-43(2)38-20-8-7-17-34(38)35-22-21-30(25-39(35)43)28-12-9-11-27(23-28)29-13-10-14-31(24-29)40-26-44-41-36-18-5-3-15-32(36)33-16-4-6-19-37(33)42(41)45-40;1-25(2)23-13-8-7-12-21(23)22-15-14-19(17-24(22)25)18-10-9-11-20(16-18)28-29-26(3,4)27(5,6)30-28;23-15-7-5-6-14(12-15)20-13-24-21-18-10-3-1-8-16(18)17-9-2-4-11-19(17)22(21)25-20/h3-26H,1-2H3;7-17H,1-6H3;1-13H. The van der Waals surface area contributed by atoms with Gasteiger partial charge in [0.2, 0.25) is 0 Å². The van der Waals surface area contributed by atoms with Crippen LogP contribution in [0, 0.1) is 0 Å². The van der Waals surface area contributed by atoms with Crippen LogP contribution in [-0.4, -0.2) is 38.3 Å². The maximum absolute atomic E-state index is 6.27. The molecule has 3 aliphatic rings. The Balaban J connectivity index is 0.000000118. The number of hydrogen-bond donors (Lipinski definition) is 0. The van der Waals surface area contributed by atoms with Crippen LogP contribution in [0.15, 0.2) is 291 Å². The second kappa shape index (κ2) is 24.2. The fourth-order valence-corrected chi connectivity index (χ4v) is 15.7. The molecule has 3 heterocycles. The van der Waals surface area contributed by atoms with Crippen LogP contribution in [-0.2, 0) is 20.1 Å². The molecule has 0 radical (unpaired) electrons. The minimum Gasteiger partial charge on any atom is -0.399 e. The van der Waals surface area contributed by atoms with E-state index in [0.717, 1.165) is 77.2 Å². The smallest absolute Gasteiger partial charge is 0.399 e. The molecule has 1 aliphatic heterocycles. The number of hydrogen-bond acceptors (Lipinski definition) is 6. The van der Waals surface area contributed by atoms with Crippen molar-refractivity contribution in [2.24, 2.45) is 0 Å². The molecule has 482 valence electrons. The lowest BCUT2D eigenvalue weighted by Gasteiger charge is -2.32. The summed E-state index contributed by atoms with van der Waals surface area (Å²) >= 11 is 6.14. The summed E-state index contributed by atoms with van der Waals surface area (Å²) in [5.74, 6) is 0. The van der Waals surface area contributed by atoms with Gasteiger partial charge in [0, 0.05) is 48.5 Å². The Kier molecular flexibility index (Phi) is 15.2. The highest BCUT2D eigenvalue weighted by Gasteiger charge is 2.52. The second-order valence-corrected chi connectivity index (χ2v) is 29.3. The van der Waals surface area contributed by atoms with Crippen LogP contribution >= 0.6 is 11.6 Å². The molecule has 0 saturated carbocycles. The van der Waals surface area contributed by atoms with Gasteiger partial charge < -0.3 is 9.31 Å². The summed E-state index contributed by atoms with van der Waals surface area (Å²) in [5.41, 5.74) is 26.1. The topological polar surface area (TPSA) is 70.0 Å². The van der Waals surface area contributed by atoms with Gasteiger partial charge in [-0.15, -0.1) is 0 Å². The monoisotopic (exact) mass is 1310 g/mol. The Morgan fingerprint density at radius 2 is 0.610 bits per heavy atom. The van der Waals surface area contributed by atoms with Gasteiger partial charge in [0.15, 0.2) is 0 Å². The van der Waals surface area contributed by atoms with E-state index >= 15 is 0 Å².